The number of carbonyl (C=O) groups is 2. The van der Waals surface area contributed by atoms with E-state index < -0.39 is 11.9 Å². The van der Waals surface area contributed by atoms with E-state index in [4.69, 9.17) is 0 Å². The molecule has 0 radical (unpaired) electrons. The summed E-state index contributed by atoms with van der Waals surface area (Å²) in [5.74, 6) is -2.43. The average molecular weight is 306 g/mol. The van der Waals surface area contributed by atoms with Gasteiger partial charge in [-0.1, -0.05) is 47.6 Å². The predicted molar refractivity (Wildman–Crippen MR) is 69.6 cm³/mol. The van der Waals surface area contributed by atoms with Crippen molar-refractivity contribution >= 4 is 11.9 Å². The van der Waals surface area contributed by atoms with Gasteiger partial charge in [-0.2, -0.15) is 0 Å². The first-order chi connectivity index (χ1) is 8.82. The van der Waals surface area contributed by atoms with Crippen LogP contribution < -0.4 is 69.3 Å². The van der Waals surface area contributed by atoms with Crippen LogP contribution in [-0.2, 0) is 9.59 Å². The summed E-state index contributed by atoms with van der Waals surface area (Å²) in [6, 6.07) is 0. The van der Waals surface area contributed by atoms with Crippen molar-refractivity contribution < 1.29 is 78.9 Å². The molecule has 0 aromatic rings. The summed E-state index contributed by atoms with van der Waals surface area (Å²) in [5.41, 5.74) is 1.69. The molecule has 0 amide bonds. The van der Waals surface area contributed by atoms with E-state index in [0.29, 0.717) is 0 Å². The molecular formula is C15H16Na2O4. The molecule has 0 fully saturated rings. The average Bonchev–Trinajstić information content (AvgIpc) is 2.31. The van der Waals surface area contributed by atoms with Gasteiger partial charge in [-0.05, 0) is 32.4 Å². The van der Waals surface area contributed by atoms with Gasteiger partial charge in [0.25, 0.3) is 0 Å². The van der Waals surface area contributed by atoms with Gasteiger partial charge in [-0.25, -0.2) is 0 Å². The molecule has 0 aliphatic rings. The molecule has 102 valence electrons. The van der Waals surface area contributed by atoms with Crippen molar-refractivity contribution in [2.24, 2.45) is 0 Å². The minimum atomic E-state index is -1.24. The maximum absolute atomic E-state index is 10.5. The van der Waals surface area contributed by atoms with E-state index in [9.17, 15) is 19.8 Å². The molecule has 0 spiro atoms. The Labute approximate surface area is 169 Å². The molecule has 0 saturated heterocycles. The van der Waals surface area contributed by atoms with E-state index in [0.717, 1.165) is 17.2 Å². The van der Waals surface area contributed by atoms with E-state index in [1.165, 1.54) is 19.1 Å². The van der Waals surface area contributed by atoms with Crippen LogP contribution in [0, 0.1) is 0 Å². The van der Waals surface area contributed by atoms with E-state index in [-0.39, 0.29) is 64.7 Å². The summed E-state index contributed by atoms with van der Waals surface area (Å²) in [6.45, 7) is 4.98. The van der Waals surface area contributed by atoms with Gasteiger partial charge in [0.05, 0.1) is 11.9 Å². The second-order valence-electron chi connectivity index (χ2n) is 3.97. The quantitative estimate of drug-likeness (QED) is 0.278. The molecule has 0 aliphatic heterocycles. The van der Waals surface area contributed by atoms with E-state index >= 15 is 0 Å². The third-order valence-corrected chi connectivity index (χ3v) is 2.08. The van der Waals surface area contributed by atoms with Gasteiger partial charge in [0.2, 0.25) is 0 Å². The molecule has 21 heavy (non-hydrogen) atoms. The molecule has 0 rings (SSSR count). The molecule has 0 saturated carbocycles. The molecule has 0 aromatic carbocycles. The van der Waals surface area contributed by atoms with Crippen LogP contribution >= 0.6 is 0 Å². The number of carboxylic acids is 2. The monoisotopic (exact) mass is 306 g/mol. The third kappa shape index (κ3) is 15.8. The number of allylic oxidation sites excluding steroid dienone is 8. The molecule has 0 bridgehead atoms. The number of carboxylic acid groups (broad SMARTS) is 2. The number of hydrogen-bond acceptors (Lipinski definition) is 4. The van der Waals surface area contributed by atoms with Gasteiger partial charge in [-0.15, -0.1) is 0 Å². The van der Waals surface area contributed by atoms with Crippen LogP contribution in [0.15, 0.2) is 59.3 Å². The first kappa shape index (κ1) is 25.6. The maximum Gasteiger partial charge on any atom is 1.00 e. The fraction of sp³-hybridized carbons (Fsp3) is 0.200. The Morgan fingerprint density at radius 3 is 1.71 bits per heavy atom. The Bertz CT molecular complexity index is 498. The van der Waals surface area contributed by atoms with E-state index in [1.807, 2.05) is 0 Å². The zero-order chi connectivity index (χ0) is 14.8. The molecule has 0 unspecified atom stereocenters. The van der Waals surface area contributed by atoms with Crippen LogP contribution in [0.25, 0.3) is 0 Å². The van der Waals surface area contributed by atoms with E-state index in [2.05, 4.69) is 0 Å². The zero-order valence-corrected chi connectivity index (χ0v) is 17.2. The summed E-state index contributed by atoms with van der Waals surface area (Å²) < 4.78 is 0. The Morgan fingerprint density at radius 1 is 0.810 bits per heavy atom. The first-order valence-corrected chi connectivity index (χ1v) is 5.63. The molecular weight excluding hydrogens is 290 g/mol. The fourth-order valence-electron chi connectivity index (χ4n) is 1.12. The molecule has 0 aliphatic carbocycles. The summed E-state index contributed by atoms with van der Waals surface area (Å²) in [5, 5.41) is 20.7. The standard InChI is InChI=1S/C15H18O4.2Na/c1-11(8-9-14(16)17)6-4-5-7-12(2)10-13(3)15(18)19;;/h4-10H,1-3H3,(H,16,17)(H,18,19);;/q;2*+1/p-2/b5-4+,9-8+,11-6+,12-7+,13-10+;;. The fourth-order valence-corrected chi connectivity index (χ4v) is 1.12. The van der Waals surface area contributed by atoms with Crippen LogP contribution in [0.2, 0.25) is 0 Å². The Hall–Kier alpha value is -0.360. The third-order valence-electron chi connectivity index (χ3n) is 2.08. The van der Waals surface area contributed by atoms with Crippen molar-refractivity contribution in [3.8, 4) is 0 Å². The van der Waals surface area contributed by atoms with Crippen molar-refractivity contribution in [3.05, 3.63) is 59.3 Å². The van der Waals surface area contributed by atoms with Crippen LogP contribution in [0.5, 0.6) is 0 Å². The van der Waals surface area contributed by atoms with Gasteiger partial charge in [-0.3, -0.25) is 0 Å². The van der Waals surface area contributed by atoms with Gasteiger partial charge in [0.1, 0.15) is 0 Å². The minimum absolute atomic E-state index is 0. The van der Waals surface area contributed by atoms with Crippen molar-refractivity contribution in [1.29, 1.82) is 0 Å². The summed E-state index contributed by atoms with van der Waals surface area (Å²) in [6.07, 6.45) is 10.8. The first-order valence-electron chi connectivity index (χ1n) is 5.63. The SMILES string of the molecule is CC(/C=C/C(=O)[O-])=C\C=C\C=C(C)\C=C(/C)C(=O)[O-].[Na+].[Na+]. The molecule has 0 aromatic heterocycles. The van der Waals surface area contributed by atoms with Crippen LogP contribution in [0.3, 0.4) is 0 Å². The van der Waals surface area contributed by atoms with Crippen LogP contribution in [0.1, 0.15) is 20.8 Å². The summed E-state index contributed by atoms with van der Waals surface area (Å²) in [7, 11) is 0. The number of aliphatic carboxylic acids is 2. The summed E-state index contributed by atoms with van der Waals surface area (Å²) >= 11 is 0. The minimum Gasteiger partial charge on any atom is -0.545 e. The van der Waals surface area contributed by atoms with Gasteiger partial charge in [0.15, 0.2) is 0 Å². The van der Waals surface area contributed by atoms with Crippen LogP contribution in [-0.4, -0.2) is 11.9 Å². The number of rotatable bonds is 6. The Balaban J connectivity index is -0.00000162. The predicted octanol–water partition coefficient (Wildman–Crippen LogP) is -5.55. The molecule has 0 atom stereocenters. The Morgan fingerprint density at radius 2 is 1.29 bits per heavy atom. The second-order valence-corrected chi connectivity index (χ2v) is 3.97. The normalized spacial score (nSPS) is 13.0. The topological polar surface area (TPSA) is 80.3 Å². The second kappa shape index (κ2) is 14.6. The number of hydrogen-bond donors (Lipinski definition) is 0. The van der Waals surface area contributed by atoms with Gasteiger partial charge >= 0.3 is 59.1 Å². The molecule has 4 nitrogen and oxygen atoms in total. The largest absolute Gasteiger partial charge is 1.00 e. The van der Waals surface area contributed by atoms with Crippen molar-refractivity contribution in [1.82, 2.24) is 0 Å². The van der Waals surface area contributed by atoms with Crippen LogP contribution in [0.4, 0.5) is 0 Å². The molecule has 0 heterocycles. The van der Waals surface area contributed by atoms with Crippen molar-refractivity contribution in [2.75, 3.05) is 0 Å². The van der Waals surface area contributed by atoms with E-state index in [1.54, 1.807) is 38.2 Å². The molecule has 0 N–H and O–H groups in total. The number of carbonyl (C=O) groups excluding carboxylic acids is 2. The van der Waals surface area contributed by atoms with Crippen molar-refractivity contribution in [3.63, 3.8) is 0 Å². The Kier molecular flexibility index (Phi) is 17.8. The zero-order valence-electron chi connectivity index (χ0n) is 13.2. The van der Waals surface area contributed by atoms with Gasteiger partial charge in [0, 0.05) is 0 Å². The smallest absolute Gasteiger partial charge is 0.545 e. The van der Waals surface area contributed by atoms with Crippen molar-refractivity contribution in [2.45, 2.75) is 20.8 Å². The van der Waals surface area contributed by atoms with Gasteiger partial charge < -0.3 is 19.8 Å². The summed E-state index contributed by atoms with van der Waals surface area (Å²) in [4.78, 5) is 20.7. The maximum atomic E-state index is 10.5. The molecule has 6 heteroatoms.